The Hall–Kier alpha value is -0.570. The molecule has 2 atom stereocenters. The number of carbonyl (C=O) groups excluding carboxylic acids is 1. The zero-order valence-electron chi connectivity index (χ0n) is 12.9. The molecule has 2 unspecified atom stereocenters. The molecule has 0 heterocycles. The highest BCUT2D eigenvalue weighted by Gasteiger charge is 2.31. The highest BCUT2D eigenvalue weighted by Crippen LogP contribution is 2.15. The van der Waals surface area contributed by atoms with Gasteiger partial charge in [-0.1, -0.05) is 47.0 Å². The van der Waals surface area contributed by atoms with Crippen molar-refractivity contribution in [1.82, 2.24) is 10.6 Å². The quantitative estimate of drug-likeness (QED) is 0.630. The number of carbonyl (C=O) groups is 1. The van der Waals surface area contributed by atoms with Crippen LogP contribution in [0.1, 0.15) is 66.7 Å². The Bertz CT molecular complexity index is 231. The fourth-order valence-corrected chi connectivity index (χ4v) is 1.79. The van der Waals surface area contributed by atoms with Gasteiger partial charge in [-0.05, 0) is 32.2 Å². The van der Waals surface area contributed by atoms with Crippen molar-refractivity contribution >= 4 is 5.91 Å². The Kier molecular flexibility index (Phi) is 9.08. The van der Waals surface area contributed by atoms with Crippen LogP contribution < -0.4 is 10.6 Å². The van der Waals surface area contributed by atoms with Gasteiger partial charge in [0, 0.05) is 6.54 Å². The van der Waals surface area contributed by atoms with Gasteiger partial charge in [0.15, 0.2) is 0 Å². The van der Waals surface area contributed by atoms with Crippen molar-refractivity contribution in [2.45, 2.75) is 72.3 Å². The van der Waals surface area contributed by atoms with Gasteiger partial charge in [-0.25, -0.2) is 0 Å². The Morgan fingerprint density at radius 3 is 2.39 bits per heavy atom. The van der Waals surface area contributed by atoms with E-state index in [0.717, 1.165) is 45.2 Å². The molecule has 0 fully saturated rings. The summed E-state index contributed by atoms with van der Waals surface area (Å²) in [6.45, 7) is 12.4. The first-order chi connectivity index (χ1) is 8.50. The second-order valence-electron chi connectivity index (χ2n) is 5.59. The first kappa shape index (κ1) is 17.4. The Balaban J connectivity index is 4.44. The van der Waals surface area contributed by atoms with Crippen LogP contribution in [-0.4, -0.2) is 24.5 Å². The number of hydrogen-bond donors (Lipinski definition) is 2. The molecule has 0 aromatic carbocycles. The van der Waals surface area contributed by atoms with E-state index in [1.54, 1.807) is 0 Å². The van der Waals surface area contributed by atoms with Gasteiger partial charge in [0.1, 0.15) is 0 Å². The number of nitrogens with one attached hydrogen (secondary N) is 2. The lowest BCUT2D eigenvalue weighted by Gasteiger charge is -2.31. The summed E-state index contributed by atoms with van der Waals surface area (Å²) in [5.41, 5.74) is -0.408. The first-order valence-corrected chi connectivity index (χ1v) is 7.53. The van der Waals surface area contributed by atoms with E-state index in [1.807, 2.05) is 6.92 Å². The van der Waals surface area contributed by atoms with E-state index >= 15 is 0 Å². The van der Waals surface area contributed by atoms with E-state index in [2.05, 4.69) is 38.3 Å². The van der Waals surface area contributed by atoms with Gasteiger partial charge in [0.2, 0.25) is 5.91 Å². The smallest absolute Gasteiger partial charge is 0.240 e. The van der Waals surface area contributed by atoms with E-state index in [-0.39, 0.29) is 5.91 Å². The van der Waals surface area contributed by atoms with Crippen molar-refractivity contribution < 1.29 is 4.79 Å². The molecule has 0 bridgehead atoms. The molecule has 0 radical (unpaired) electrons. The monoisotopic (exact) mass is 256 g/mol. The normalized spacial score (nSPS) is 16.1. The average Bonchev–Trinajstić information content (AvgIpc) is 2.39. The second-order valence-corrected chi connectivity index (χ2v) is 5.59. The van der Waals surface area contributed by atoms with Crippen molar-refractivity contribution in [3.05, 3.63) is 0 Å². The molecule has 0 aliphatic carbocycles. The van der Waals surface area contributed by atoms with Gasteiger partial charge in [-0.15, -0.1) is 0 Å². The summed E-state index contributed by atoms with van der Waals surface area (Å²) < 4.78 is 0. The van der Waals surface area contributed by atoms with Crippen LogP contribution in [0.4, 0.5) is 0 Å². The topological polar surface area (TPSA) is 41.1 Å². The van der Waals surface area contributed by atoms with Gasteiger partial charge in [0.05, 0.1) is 5.54 Å². The van der Waals surface area contributed by atoms with Crippen molar-refractivity contribution in [3.8, 4) is 0 Å². The molecule has 0 aromatic rings. The maximum absolute atomic E-state index is 12.3. The van der Waals surface area contributed by atoms with Crippen LogP contribution in [-0.2, 0) is 4.79 Å². The maximum atomic E-state index is 12.3. The molecule has 0 aromatic heterocycles. The van der Waals surface area contributed by atoms with Gasteiger partial charge >= 0.3 is 0 Å². The summed E-state index contributed by atoms with van der Waals surface area (Å²) in [7, 11) is 0. The minimum Gasteiger partial charge on any atom is -0.355 e. The maximum Gasteiger partial charge on any atom is 0.240 e. The molecule has 3 heteroatoms. The second kappa shape index (κ2) is 9.37. The number of unbranched alkanes of at least 4 members (excludes halogenated alkanes) is 1. The van der Waals surface area contributed by atoms with Crippen molar-refractivity contribution in [1.29, 1.82) is 0 Å². The third-order valence-electron chi connectivity index (χ3n) is 3.60. The molecule has 3 nitrogen and oxygen atoms in total. The van der Waals surface area contributed by atoms with Gasteiger partial charge < -0.3 is 10.6 Å². The van der Waals surface area contributed by atoms with E-state index < -0.39 is 5.54 Å². The van der Waals surface area contributed by atoms with Gasteiger partial charge in [-0.3, -0.25) is 4.79 Å². The minimum atomic E-state index is -0.408. The van der Waals surface area contributed by atoms with Crippen LogP contribution in [0.2, 0.25) is 0 Å². The fourth-order valence-electron chi connectivity index (χ4n) is 1.79. The van der Waals surface area contributed by atoms with Crippen molar-refractivity contribution in [2.24, 2.45) is 5.92 Å². The summed E-state index contributed by atoms with van der Waals surface area (Å²) in [5.74, 6) is 0.769. The lowest BCUT2D eigenvalue weighted by Crippen LogP contribution is -2.55. The predicted octanol–water partition coefficient (Wildman–Crippen LogP) is 3.10. The summed E-state index contributed by atoms with van der Waals surface area (Å²) in [6.07, 6.45) is 5.26. The lowest BCUT2D eigenvalue weighted by atomic mass is 9.92. The van der Waals surface area contributed by atoms with Crippen LogP contribution in [0.25, 0.3) is 0 Å². The molecule has 0 aliphatic rings. The SMILES string of the molecule is CCCCC(C)(NCC(C)CC)C(=O)NCCC. The van der Waals surface area contributed by atoms with Crippen molar-refractivity contribution in [3.63, 3.8) is 0 Å². The molecule has 0 saturated carbocycles. The van der Waals surface area contributed by atoms with Gasteiger partial charge in [0.25, 0.3) is 0 Å². The van der Waals surface area contributed by atoms with Gasteiger partial charge in [-0.2, -0.15) is 0 Å². The third-order valence-corrected chi connectivity index (χ3v) is 3.60. The van der Waals surface area contributed by atoms with E-state index in [9.17, 15) is 4.79 Å². The molecule has 2 N–H and O–H groups in total. The van der Waals surface area contributed by atoms with E-state index in [4.69, 9.17) is 0 Å². The molecule has 0 saturated heterocycles. The average molecular weight is 256 g/mol. The van der Waals surface area contributed by atoms with Crippen molar-refractivity contribution in [2.75, 3.05) is 13.1 Å². The first-order valence-electron chi connectivity index (χ1n) is 7.53. The number of amides is 1. The van der Waals surface area contributed by atoms with Crippen LogP contribution in [0.3, 0.4) is 0 Å². The standard InChI is InChI=1S/C15H32N2O/c1-6-9-10-15(5,14(18)16-11-7-2)17-12-13(4)8-3/h13,17H,6-12H2,1-5H3,(H,16,18). The molecule has 0 rings (SSSR count). The number of rotatable bonds is 10. The number of hydrogen-bond acceptors (Lipinski definition) is 2. The molecule has 108 valence electrons. The zero-order chi connectivity index (χ0) is 14.0. The molecule has 0 aliphatic heterocycles. The molecular formula is C15H32N2O. The van der Waals surface area contributed by atoms with Crippen LogP contribution in [0, 0.1) is 5.92 Å². The Morgan fingerprint density at radius 1 is 1.22 bits per heavy atom. The summed E-state index contributed by atoms with van der Waals surface area (Å²) in [6, 6.07) is 0. The fraction of sp³-hybridized carbons (Fsp3) is 0.933. The van der Waals surface area contributed by atoms with E-state index in [0.29, 0.717) is 5.92 Å². The summed E-state index contributed by atoms with van der Waals surface area (Å²) in [5, 5.41) is 6.50. The molecule has 18 heavy (non-hydrogen) atoms. The predicted molar refractivity (Wildman–Crippen MR) is 78.7 cm³/mol. The summed E-state index contributed by atoms with van der Waals surface area (Å²) >= 11 is 0. The van der Waals surface area contributed by atoms with Crippen LogP contribution in [0.5, 0.6) is 0 Å². The molecule has 1 amide bonds. The van der Waals surface area contributed by atoms with Crippen LogP contribution in [0.15, 0.2) is 0 Å². The molecular weight excluding hydrogens is 224 g/mol. The minimum absolute atomic E-state index is 0.154. The van der Waals surface area contributed by atoms with Crippen LogP contribution >= 0.6 is 0 Å². The Morgan fingerprint density at radius 2 is 1.89 bits per heavy atom. The highest BCUT2D eigenvalue weighted by molar-refractivity contribution is 5.85. The Labute approximate surface area is 113 Å². The largest absolute Gasteiger partial charge is 0.355 e. The highest BCUT2D eigenvalue weighted by atomic mass is 16.2. The zero-order valence-corrected chi connectivity index (χ0v) is 12.9. The third kappa shape index (κ3) is 6.39. The van der Waals surface area contributed by atoms with E-state index in [1.165, 1.54) is 0 Å². The lowest BCUT2D eigenvalue weighted by molar-refractivity contribution is -0.127. The summed E-state index contributed by atoms with van der Waals surface area (Å²) in [4.78, 5) is 12.3. The molecule has 0 spiro atoms.